The largest absolute Gasteiger partial charge is 0.497 e. The molecule has 2 N–H and O–H groups in total. The highest BCUT2D eigenvalue weighted by Crippen LogP contribution is 2.20. The second-order valence-electron chi connectivity index (χ2n) is 6.18. The van der Waals surface area contributed by atoms with E-state index in [2.05, 4.69) is 15.6 Å². The fourth-order valence-corrected chi connectivity index (χ4v) is 2.48. The van der Waals surface area contributed by atoms with Crippen LogP contribution in [-0.2, 0) is 0 Å². The zero-order valence-electron chi connectivity index (χ0n) is 15.6. The number of hydrogen-bond acceptors (Lipinski definition) is 5. The van der Waals surface area contributed by atoms with E-state index in [0.717, 1.165) is 17.1 Å². The Labute approximate surface area is 158 Å². The van der Waals surface area contributed by atoms with E-state index in [-0.39, 0.29) is 5.91 Å². The normalized spacial score (nSPS) is 10.2. The second-order valence-corrected chi connectivity index (χ2v) is 6.18. The molecule has 27 heavy (non-hydrogen) atoms. The number of pyridine rings is 1. The summed E-state index contributed by atoms with van der Waals surface area (Å²) in [4.78, 5) is 18.6. The summed E-state index contributed by atoms with van der Waals surface area (Å²) >= 11 is 0. The van der Waals surface area contributed by atoms with Crippen molar-refractivity contribution in [3.05, 3.63) is 72.4 Å². The summed E-state index contributed by atoms with van der Waals surface area (Å²) in [5.41, 5.74) is 3.49. The Kier molecular flexibility index (Phi) is 5.56. The van der Waals surface area contributed by atoms with Gasteiger partial charge in [-0.3, -0.25) is 4.79 Å². The van der Waals surface area contributed by atoms with Crippen LogP contribution in [0.25, 0.3) is 0 Å². The van der Waals surface area contributed by atoms with Gasteiger partial charge in [-0.25, -0.2) is 4.98 Å². The molecule has 6 nitrogen and oxygen atoms in total. The summed E-state index contributed by atoms with van der Waals surface area (Å²) < 4.78 is 5.09. The number of nitrogens with zero attached hydrogens (tertiary/aromatic N) is 2. The number of hydrogen-bond donors (Lipinski definition) is 2. The number of benzene rings is 2. The maximum Gasteiger partial charge on any atom is 0.256 e. The van der Waals surface area contributed by atoms with Crippen molar-refractivity contribution in [3.8, 4) is 5.75 Å². The number of amides is 1. The molecule has 0 aliphatic carbocycles. The third kappa shape index (κ3) is 4.76. The first-order chi connectivity index (χ1) is 13.0. The third-order valence-corrected chi connectivity index (χ3v) is 4.03. The lowest BCUT2D eigenvalue weighted by Crippen LogP contribution is -2.12. The second kappa shape index (κ2) is 8.23. The van der Waals surface area contributed by atoms with Crippen molar-refractivity contribution in [2.75, 3.05) is 36.7 Å². The topological polar surface area (TPSA) is 66.5 Å². The van der Waals surface area contributed by atoms with E-state index >= 15 is 0 Å². The van der Waals surface area contributed by atoms with Crippen LogP contribution in [0.3, 0.4) is 0 Å². The summed E-state index contributed by atoms with van der Waals surface area (Å²) in [5, 5.41) is 6.07. The lowest BCUT2D eigenvalue weighted by atomic mass is 10.2. The summed E-state index contributed by atoms with van der Waals surface area (Å²) in [7, 11) is 5.60. The summed E-state index contributed by atoms with van der Waals surface area (Å²) in [6.45, 7) is 0. The molecule has 6 heteroatoms. The van der Waals surface area contributed by atoms with Crippen LogP contribution < -0.4 is 20.3 Å². The van der Waals surface area contributed by atoms with Gasteiger partial charge in [0.15, 0.2) is 0 Å². The van der Waals surface area contributed by atoms with Crippen LogP contribution in [0.5, 0.6) is 5.75 Å². The number of anilines is 4. The van der Waals surface area contributed by atoms with Gasteiger partial charge >= 0.3 is 0 Å². The Bertz CT molecular complexity index is 889. The van der Waals surface area contributed by atoms with Gasteiger partial charge in [0.05, 0.1) is 19.0 Å². The van der Waals surface area contributed by atoms with E-state index in [0.29, 0.717) is 17.1 Å². The average molecular weight is 362 g/mol. The predicted molar refractivity (Wildman–Crippen MR) is 109 cm³/mol. The van der Waals surface area contributed by atoms with Crippen molar-refractivity contribution < 1.29 is 9.53 Å². The van der Waals surface area contributed by atoms with E-state index in [1.54, 1.807) is 43.6 Å². The maximum absolute atomic E-state index is 12.3. The Morgan fingerprint density at radius 3 is 2.15 bits per heavy atom. The number of nitrogens with one attached hydrogen (secondary N) is 2. The van der Waals surface area contributed by atoms with Crippen LogP contribution in [0.1, 0.15) is 10.4 Å². The Morgan fingerprint density at radius 1 is 0.926 bits per heavy atom. The lowest BCUT2D eigenvalue weighted by Gasteiger charge is -2.13. The molecule has 3 rings (SSSR count). The molecule has 0 aliphatic rings. The van der Waals surface area contributed by atoms with Gasteiger partial charge in [-0.15, -0.1) is 0 Å². The van der Waals surface area contributed by atoms with Gasteiger partial charge < -0.3 is 20.3 Å². The quantitative estimate of drug-likeness (QED) is 0.689. The van der Waals surface area contributed by atoms with E-state index in [9.17, 15) is 4.79 Å². The van der Waals surface area contributed by atoms with Crippen LogP contribution in [0.4, 0.5) is 22.9 Å². The number of aromatic nitrogens is 1. The number of rotatable bonds is 6. The molecule has 2 aromatic carbocycles. The minimum absolute atomic E-state index is 0.217. The van der Waals surface area contributed by atoms with E-state index < -0.39 is 0 Å². The van der Waals surface area contributed by atoms with E-state index in [1.165, 1.54) is 0 Å². The predicted octanol–water partition coefficient (Wildman–Crippen LogP) is 4.15. The Balaban J connectivity index is 1.61. The Hall–Kier alpha value is -3.54. The molecule has 0 unspecified atom stereocenters. The molecule has 0 atom stereocenters. The highest BCUT2D eigenvalue weighted by atomic mass is 16.5. The molecule has 1 aromatic heterocycles. The first-order valence-electron chi connectivity index (χ1n) is 8.51. The zero-order chi connectivity index (χ0) is 19.2. The van der Waals surface area contributed by atoms with Gasteiger partial charge in [0.25, 0.3) is 5.91 Å². The minimum atomic E-state index is -0.217. The first-order valence-corrected chi connectivity index (χ1v) is 8.51. The van der Waals surface area contributed by atoms with Crippen molar-refractivity contribution in [2.24, 2.45) is 0 Å². The van der Waals surface area contributed by atoms with Crippen LogP contribution in [0.2, 0.25) is 0 Å². The fraction of sp³-hybridized carbons (Fsp3) is 0.143. The van der Waals surface area contributed by atoms with Crippen LogP contribution in [0.15, 0.2) is 66.9 Å². The first kappa shape index (κ1) is 18.3. The van der Waals surface area contributed by atoms with Gasteiger partial charge in [0.1, 0.15) is 11.6 Å². The zero-order valence-corrected chi connectivity index (χ0v) is 15.6. The van der Waals surface area contributed by atoms with Gasteiger partial charge in [-0.2, -0.15) is 0 Å². The number of ether oxygens (including phenoxy) is 1. The van der Waals surface area contributed by atoms with Crippen LogP contribution in [0, 0.1) is 0 Å². The molecular formula is C21H22N4O2. The molecule has 0 aliphatic heterocycles. The van der Waals surface area contributed by atoms with Gasteiger partial charge in [-0.1, -0.05) is 0 Å². The smallest absolute Gasteiger partial charge is 0.256 e. The molecule has 0 saturated carbocycles. The van der Waals surface area contributed by atoms with Crippen molar-refractivity contribution in [3.63, 3.8) is 0 Å². The number of carbonyl (C=O) groups is 1. The fourth-order valence-electron chi connectivity index (χ4n) is 2.48. The highest BCUT2D eigenvalue weighted by molar-refractivity contribution is 6.03. The monoisotopic (exact) mass is 362 g/mol. The van der Waals surface area contributed by atoms with Crippen molar-refractivity contribution in [1.29, 1.82) is 0 Å². The highest BCUT2D eigenvalue weighted by Gasteiger charge is 2.07. The van der Waals surface area contributed by atoms with E-state index in [1.807, 2.05) is 49.3 Å². The Morgan fingerprint density at radius 2 is 1.59 bits per heavy atom. The standard InChI is InChI=1S/C21H22N4O2/c1-25(2)18-9-6-16(7-10-18)23-17-8-13-20(22-14-17)24-21(26)15-4-11-19(27-3)12-5-15/h4-14,23H,1-3H3,(H,22,24,26). The summed E-state index contributed by atoms with van der Waals surface area (Å²) in [6, 6.07) is 18.6. The molecule has 1 heterocycles. The minimum Gasteiger partial charge on any atom is -0.497 e. The number of methoxy groups -OCH3 is 1. The number of carbonyl (C=O) groups excluding carboxylic acids is 1. The molecule has 0 radical (unpaired) electrons. The van der Waals surface area contributed by atoms with Crippen molar-refractivity contribution in [1.82, 2.24) is 4.98 Å². The maximum atomic E-state index is 12.3. The molecule has 0 bridgehead atoms. The SMILES string of the molecule is COc1ccc(C(=O)Nc2ccc(Nc3ccc(N(C)C)cc3)cn2)cc1. The molecule has 3 aromatic rings. The molecule has 0 spiro atoms. The summed E-state index contributed by atoms with van der Waals surface area (Å²) in [6.07, 6.45) is 1.68. The van der Waals surface area contributed by atoms with Gasteiger partial charge in [0.2, 0.25) is 0 Å². The van der Waals surface area contributed by atoms with Crippen molar-refractivity contribution in [2.45, 2.75) is 0 Å². The molecule has 138 valence electrons. The molecule has 0 fully saturated rings. The summed E-state index contributed by atoms with van der Waals surface area (Å²) in [5.74, 6) is 0.980. The molecule has 0 saturated heterocycles. The van der Waals surface area contributed by atoms with Gasteiger partial charge in [-0.05, 0) is 60.7 Å². The van der Waals surface area contributed by atoms with Gasteiger partial charge in [0, 0.05) is 31.0 Å². The average Bonchev–Trinajstić information content (AvgIpc) is 2.70. The van der Waals surface area contributed by atoms with Crippen LogP contribution in [-0.4, -0.2) is 32.1 Å². The van der Waals surface area contributed by atoms with Crippen molar-refractivity contribution >= 4 is 28.8 Å². The molecule has 1 amide bonds. The molecular weight excluding hydrogens is 340 g/mol. The lowest BCUT2D eigenvalue weighted by molar-refractivity contribution is 0.102. The third-order valence-electron chi connectivity index (χ3n) is 4.03. The van der Waals surface area contributed by atoms with Crippen LogP contribution >= 0.6 is 0 Å². The van der Waals surface area contributed by atoms with E-state index in [4.69, 9.17) is 4.74 Å².